The second kappa shape index (κ2) is 11.4. The topological polar surface area (TPSA) is 95.9 Å². The third-order valence-corrected chi connectivity index (χ3v) is 6.17. The minimum absolute atomic E-state index is 0.0386. The summed E-state index contributed by atoms with van der Waals surface area (Å²) >= 11 is 3.75. The largest absolute Gasteiger partial charge is 0.508 e. The number of aliphatic carboxylic acids is 1. The van der Waals surface area contributed by atoms with Crippen LogP contribution in [0.3, 0.4) is 0 Å². The summed E-state index contributed by atoms with van der Waals surface area (Å²) in [7, 11) is 0. The van der Waals surface area contributed by atoms with Crippen LogP contribution < -0.4 is 5.32 Å². The molecule has 1 atom stereocenters. The number of phenolic OH excluding ortho intramolecular Hbond substituents is 1. The minimum Gasteiger partial charge on any atom is -0.508 e. The van der Waals surface area contributed by atoms with E-state index in [-0.39, 0.29) is 5.75 Å². The average Bonchev–Trinajstić information content (AvgIpc) is 2.72. The lowest BCUT2D eigenvalue weighted by atomic mass is 9.78. The van der Waals surface area contributed by atoms with Crippen LogP contribution in [0.25, 0.3) is 0 Å². The highest BCUT2D eigenvalue weighted by atomic mass is 127. The predicted molar refractivity (Wildman–Crippen MR) is 132 cm³/mol. The lowest BCUT2D eigenvalue weighted by molar-refractivity contribution is -0.131. The fourth-order valence-electron chi connectivity index (χ4n) is 3.08. The zero-order valence-corrected chi connectivity index (χ0v) is 20.6. The Balaban J connectivity index is 2.24. The smallest absolute Gasteiger partial charge is 0.412 e. The molecule has 31 heavy (non-hydrogen) atoms. The number of thioether (sulfide) groups is 1. The predicted octanol–water partition coefficient (Wildman–Crippen LogP) is 6.46. The standard InChI is InChI=1S/C23H26INO5S/c1-23(2,13-5-4-6-20(27)28)21(18-14-15(24)7-12-19(18)26)30-22(29)25-16-8-10-17(31-3)11-9-16/h4,6-12,14,21,26H,5,13H2,1-3H3,(H,25,29)(H,27,28)/b6-4+/t21-/m1/s1. The van der Waals surface area contributed by atoms with Gasteiger partial charge in [0.05, 0.1) is 0 Å². The van der Waals surface area contributed by atoms with E-state index >= 15 is 0 Å². The SMILES string of the molecule is CSc1ccc(NC(=O)O[C@H](c2cc(I)ccc2O)C(C)(C)CC/C=C/C(=O)O)cc1. The first-order valence-electron chi connectivity index (χ1n) is 9.62. The Morgan fingerprint density at radius 2 is 1.90 bits per heavy atom. The van der Waals surface area contributed by atoms with Crippen molar-refractivity contribution in [2.75, 3.05) is 11.6 Å². The Morgan fingerprint density at radius 3 is 2.52 bits per heavy atom. The second-order valence-corrected chi connectivity index (χ2v) is 9.74. The van der Waals surface area contributed by atoms with E-state index < -0.39 is 23.6 Å². The first-order valence-corrected chi connectivity index (χ1v) is 11.9. The van der Waals surface area contributed by atoms with Gasteiger partial charge >= 0.3 is 12.1 Å². The average molecular weight is 555 g/mol. The van der Waals surface area contributed by atoms with Crippen LogP contribution in [0, 0.1) is 8.99 Å². The number of ether oxygens (including phenoxy) is 1. The summed E-state index contributed by atoms with van der Waals surface area (Å²) in [5.74, 6) is -0.968. The molecule has 2 aromatic rings. The van der Waals surface area contributed by atoms with E-state index in [4.69, 9.17) is 9.84 Å². The van der Waals surface area contributed by atoms with Crippen LogP contribution >= 0.6 is 34.4 Å². The molecule has 0 saturated carbocycles. The molecule has 3 N–H and O–H groups in total. The van der Waals surface area contributed by atoms with Gasteiger partial charge in [0.2, 0.25) is 0 Å². The minimum atomic E-state index is -1.01. The Hall–Kier alpha value is -2.20. The zero-order valence-electron chi connectivity index (χ0n) is 17.6. The van der Waals surface area contributed by atoms with Crippen molar-refractivity contribution in [3.63, 3.8) is 0 Å². The molecular formula is C23H26INO5S. The molecule has 8 heteroatoms. The first-order chi connectivity index (χ1) is 14.6. The molecule has 0 aliphatic heterocycles. The van der Waals surface area contributed by atoms with Crippen LogP contribution in [-0.4, -0.2) is 28.5 Å². The van der Waals surface area contributed by atoms with Gasteiger partial charge in [-0.3, -0.25) is 5.32 Å². The van der Waals surface area contributed by atoms with Crippen LogP contribution in [0.2, 0.25) is 0 Å². The number of aromatic hydroxyl groups is 1. The molecule has 2 aromatic carbocycles. The second-order valence-electron chi connectivity index (χ2n) is 7.61. The van der Waals surface area contributed by atoms with Crippen LogP contribution in [0.5, 0.6) is 5.75 Å². The fraction of sp³-hybridized carbons (Fsp3) is 0.304. The normalized spacial score (nSPS) is 12.5. The van der Waals surface area contributed by atoms with Crippen LogP contribution in [0.4, 0.5) is 10.5 Å². The number of carboxylic acid groups (broad SMARTS) is 1. The lowest BCUT2D eigenvalue weighted by Gasteiger charge is -2.34. The number of carboxylic acids is 1. The van der Waals surface area contributed by atoms with Crippen molar-refractivity contribution < 1.29 is 24.5 Å². The zero-order chi connectivity index (χ0) is 23.0. The molecule has 0 spiro atoms. The molecule has 0 heterocycles. The van der Waals surface area contributed by atoms with E-state index in [9.17, 15) is 14.7 Å². The third-order valence-electron chi connectivity index (χ3n) is 4.76. The third kappa shape index (κ3) is 7.77. The van der Waals surface area contributed by atoms with E-state index in [1.165, 1.54) is 0 Å². The summed E-state index contributed by atoms with van der Waals surface area (Å²) in [6.07, 6.45) is 4.30. The molecular weight excluding hydrogens is 529 g/mol. The highest BCUT2D eigenvalue weighted by Crippen LogP contribution is 2.44. The van der Waals surface area contributed by atoms with E-state index in [0.29, 0.717) is 24.1 Å². The lowest BCUT2D eigenvalue weighted by Crippen LogP contribution is -2.29. The molecule has 166 valence electrons. The maximum atomic E-state index is 12.7. The molecule has 2 rings (SSSR count). The van der Waals surface area contributed by atoms with Gasteiger partial charge in [-0.05, 0) is 84.2 Å². The van der Waals surface area contributed by atoms with Gasteiger partial charge in [-0.25, -0.2) is 9.59 Å². The number of carbonyl (C=O) groups is 2. The Kier molecular flexibility index (Phi) is 9.24. The van der Waals surface area contributed by atoms with Gasteiger partial charge < -0.3 is 14.9 Å². The molecule has 0 saturated heterocycles. The summed E-state index contributed by atoms with van der Waals surface area (Å²) in [6.45, 7) is 3.85. The summed E-state index contributed by atoms with van der Waals surface area (Å²) in [5, 5.41) is 22.0. The number of carbonyl (C=O) groups excluding carboxylic acids is 1. The van der Waals surface area contributed by atoms with Crippen LogP contribution in [0.15, 0.2) is 59.5 Å². The Bertz CT molecular complexity index is 943. The highest BCUT2D eigenvalue weighted by Gasteiger charge is 2.35. The number of phenols is 1. The summed E-state index contributed by atoms with van der Waals surface area (Å²) < 4.78 is 6.71. The molecule has 6 nitrogen and oxygen atoms in total. The maximum Gasteiger partial charge on any atom is 0.412 e. The molecule has 0 radical (unpaired) electrons. The number of allylic oxidation sites excluding steroid dienone is 1. The Morgan fingerprint density at radius 1 is 1.23 bits per heavy atom. The number of amides is 1. The van der Waals surface area contributed by atoms with Crippen molar-refractivity contribution in [2.24, 2.45) is 5.41 Å². The van der Waals surface area contributed by atoms with Crippen molar-refractivity contribution in [1.29, 1.82) is 0 Å². The monoisotopic (exact) mass is 555 g/mol. The fourth-order valence-corrected chi connectivity index (χ4v) is 4.00. The molecule has 0 aromatic heterocycles. The molecule has 1 amide bonds. The van der Waals surface area contributed by atoms with E-state index in [1.54, 1.807) is 48.2 Å². The van der Waals surface area contributed by atoms with Gasteiger partial charge in [-0.15, -0.1) is 11.8 Å². The number of halogens is 1. The molecule has 0 aliphatic rings. The summed E-state index contributed by atoms with van der Waals surface area (Å²) in [4.78, 5) is 24.5. The van der Waals surface area contributed by atoms with Crippen molar-refractivity contribution in [3.05, 3.63) is 63.8 Å². The van der Waals surface area contributed by atoms with Gasteiger partial charge in [0.25, 0.3) is 0 Å². The molecule has 0 bridgehead atoms. The van der Waals surface area contributed by atoms with E-state index in [0.717, 1.165) is 14.5 Å². The number of benzene rings is 2. The number of hydrogen-bond donors (Lipinski definition) is 3. The molecule has 0 unspecified atom stereocenters. The van der Waals surface area contributed by atoms with Crippen molar-refractivity contribution in [1.82, 2.24) is 0 Å². The molecule has 0 aliphatic carbocycles. The summed E-state index contributed by atoms with van der Waals surface area (Å²) in [6, 6.07) is 12.5. The van der Waals surface area contributed by atoms with E-state index in [2.05, 4.69) is 27.9 Å². The van der Waals surface area contributed by atoms with Gasteiger partial charge in [0.1, 0.15) is 11.9 Å². The first kappa shape index (κ1) is 25.1. The molecule has 0 fully saturated rings. The number of nitrogens with one attached hydrogen (secondary N) is 1. The van der Waals surface area contributed by atoms with Crippen LogP contribution in [0.1, 0.15) is 38.4 Å². The number of rotatable bonds is 9. The quantitative estimate of drug-likeness (QED) is 0.187. The van der Waals surface area contributed by atoms with Gasteiger partial charge in [-0.1, -0.05) is 19.9 Å². The van der Waals surface area contributed by atoms with Crippen molar-refractivity contribution >= 4 is 52.1 Å². The number of anilines is 1. The van der Waals surface area contributed by atoms with Crippen molar-refractivity contribution in [3.8, 4) is 5.75 Å². The van der Waals surface area contributed by atoms with Gasteiger partial charge in [0.15, 0.2) is 0 Å². The van der Waals surface area contributed by atoms with Gasteiger partial charge in [0, 0.05) is 31.2 Å². The Labute approximate surface area is 200 Å². The maximum absolute atomic E-state index is 12.7. The van der Waals surface area contributed by atoms with Crippen LogP contribution in [-0.2, 0) is 9.53 Å². The number of hydrogen-bond acceptors (Lipinski definition) is 5. The highest BCUT2D eigenvalue weighted by molar-refractivity contribution is 14.1. The van der Waals surface area contributed by atoms with E-state index in [1.807, 2.05) is 32.2 Å². The van der Waals surface area contributed by atoms with Crippen molar-refractivity contribution in [2.45, 2.75) is 37.7 Å². The summed E-state index contributed by atoms with van der Waals surface area (Å²) in [5.41, 5.74) is 0.535. The van der Waals surface area contributed by atoms with Gasteiger partial charge in [-0.2, -0.15) is 0 Å².